The number of hydrogen-bond acceptors (Lipinski definition) is 2. The molecule has 1 atom stereocenters. The Morgan fingerprint density at radius 3 is 2.71 bits per heavy atom. The molecule has 0 radical (unpaired) electrons. The molecule has 1 fully saturated rings. The molecular weight excluding hydrogens is 313 g/mol. The summed E-state index contributed by atoms with van der Waals surface area (Å²) in [5.41, 5.74) is 0.660. The van der Waals surface area contributed by atoms with Crippen molar-refractivity contribution < 1.29 is 12.8 Å². The molecule has 0 saturated carbocycles. The molecule has 1 heterocycles. The molecular formula is C15H21ClFNO2S. The van der Waals surface area contributed by atoms with Gasteiger partial charge in [0, 0.05) is 24.0 Å². The number of nitrogens with zero attached hydrogens (tertiary/aromatic N) is 1. The van der Waals surface area contributed by atoms with Gasteiger partial charge in [-0.2, -0.15) is 4.31 Å². The third-order valence-electron chi connectivity index (χ3n) is 4.14. The van der Waals surface area contributed by atoms with Gasteiger partial charge in [-0.15, -0.1) is 11.6 Å². The molecule has 0 amide bonds. The van der Waals surface area contributed by atoms with E-state index >= 15 is 0 Å². The molecule has 0 aliphatic carbocycles. The van der Waals surface area contributed by atoms with Crippen molar-refractivity contribution in [1.82, 2.24) is 4.31 Å². The highest BCUT2D eigenvalue weighted by atomic mass is 35.5. The fourth-order valence-electron chi connectivity index (χ4n) is 2.88. The lowest BCUT2D eigenvalue weighted by molar-refractivity contribution is 0.246. The van der Waals surface area contributed by atoms with Crippen LogP contribution in [0.1, 0.15) is 43.7 Å². The molecule has 1 aliphatic heterocycles. The van der Waals surface area contributed by atoms with E-state index in [4.69, 9.17) is 11.6 Å². The van der Waals surface area contributed by atoms with E-state index in [0.717, 1.165) is 25.7 Å². The summed E-state index contributed by atoms with van der Waals surface area (Å²) < 4.78 is 41.3. The lowest BCUT2D eigenvalue weighted by Crippen LogP contribution is -2.43. The monoisotopic (exact) mass is 333 g/mol. The van der Waals surface area contributed by atoms with Gasteiger partial charge in [-0.3, -0.25) is 0 Å². The van der Waals surface area contributed by atoms with E-state index in [2.05, 4.69) is 0 Å². The Hall–Kier alpha value is -0.650. The van der Waals surface area contributed by atoms with Crippen molar-refractivity contribution in [3.63, 3.8) is 0 Å². The SMILES string of the molecule is CCC1CCCCN1S(=O)(=O)c1cc(CCl)cc(F)c1C. The van der Waals surface area contributed by atoms with Crippen LogP contribution < -0.4 is 0 Å². The van der Waals surface area contributed by atoms with Gasteiger partial charge in [0.15, 0.2) is 0 Å². The topological polar surface area (TPSA) is 37.4 Å². The minimum Gasteiger partial charge on any atom is -0.207 e. The summed E-state index contributed by atoms with van der Waals surface area (Å²) in [5, 5.41) is 0. The largest absolute Gasteiger partial charge is 0.243 e. The van der Waals surface area contributed by atoms with Gasteiger partial charge in [0.25, 0.3) is 0 Å². The van der Waals surface area contributed by atoms with Gasteiger partial charge in [0.1, 0.15) is 5.82 Å². The molecule has 118 valence electrons. The molecule has 1 aromatic carbocycles. The predicted molar refractivity (Wildman–Crippen MR) is 82.5 cm³/mol. The van der Waals surface area contributed by atoms with E-state index in [9.17, 15) is 12.8 Å². The first-order chi connectivity index (χ1) is 9.91. The Morgan fingerprint density at radius 2 is 2.10 bits per heavy atom. The normalized spacial score (nSPS) is 20.7. The fraction of sp³-hybridized carbons (Fsp3) is 0.600. The van der Waals surface area contributed by atoms with Crippen molar-refractivity contribution in [2.24, 2.45) is 0 Å². The third-order valence-corrected chi connectivity index (χ3v) is 6.53. The fourth-order valence-corrected chi connectivity index (χ4v) is 5.08. The molecule has 0 spiro atoms. The summed E-state index contributed by atoms with van der Waals surface area (Å²) in [5.74, 6) is -0.423. The van der Waals surface area contributed by atoms with E-state index in [1.54, 1.807) is 0 Å². The Bertz CT molecular complexity index is 618. The molecule has 0 N–H and O–H groups in total. The standard InChI is InChI=1S/C15H21ClFNO2S/c1-3-13-6-4-5-7-18(13)21(19,20)15-9-12(10-16)8-14(17)11(15)2/h8-9,13H,3-7,10H2,1-2H3. The number of benzene rings is 1. The number of alkyl halides is 1. The maximum atomic E-state index is 14.0. The molecule has 0 bridgehead atoms. The molecule has 1 unspecified atom stereocenters. The second kappa shape index (κ2) is 6.63. The van der Waals surface area contributed by atoms with Gasteiger partial charge in [0.05, 0.1) is 4.90 Å². The first-order valence-corrected chi connectivity index (χ1v) is 9.26. The lowest BCUT2D eigenvalue weighted by atomic mass is 10.0. The Kier molecular flexibility index (Phi) is 5.28. The molecule has 3 nitrogen and oxygen atoms in total. The number of sulfonamides is 1. The van der Waals surface area contributed by atoms with Crippen LogP contribution in [0.3, 0.4) is 0 Å². The summed E-state index contributed by atoms with van der Waals surface area (Å²) in [7, 11) is -3.67. The van der Waals surface area contributed by atoms with E-state index in [0.29, 0.717) is 12.1 Å². The quantitative estimate of drug-likeness (QED) is 0.785. The summed E-state index contributed by atoms with van der Waals surface area (Å²) in [6.45, 7) is 4.00. The minimum atomic E-state index is -3.67. The predicted octanol–water partition coefficient (Wildman–Crippen LogP) is 3.83. The summed E-state index contributed by atoms with van der Waals surface area (Å²) in [4.78, 5) is 0.0542. The molecule has 1 saturated heterocycles. The van der Waals surface area contributed by atoms with Gasteiger partial charge in [-0.25, -0.2) is 12.8 Å². The number of hydrogen-bond donors (Lipinski definition) is 0. The van der Waals surface area contributed by atoms with Crippen LogP contribution in [-0.4, -0.2) is 25.3 Å². The maximum Gasteiger partial charge on any atom is 0.243 e. The minimum absolute atomic E-state index is 0.00543. The van der Waals surface area contributed by atoms with Gasteiger partial charge in [-0.1, -0.05) is 13.3 Å². The number of rotatable bonds is 4. The van der Waals surface area contributed by atoms with Crippen molar-refractivity contribution in [2.75, 3.05) is 6.54 Å². The van der Waals surface area contributed by atoms with Crippen LogP contribution in [0.15, 0.2) is 17.0 Å². The summed E-state index contributed by atoms with van der Waals surface area (Å²) >= 11 is 5.74. The second-order valence-corrected chi connectivity index (χ2v) is 7.63. The molecule has 2 rings (SSSR count). The van der Waals surface area contributed by atoms with Crippen molar-refractivity contribution in [3.8, 4) is 0 Å². The third kappa shape index (κ3) is 3.25. The van der Waals surface area contributed by atoms with Crippen molar-refractivity contribution in [2.45, 2.75) is 56.3 Å². The Balaban J connectivity index is 2.50. The Morgan fingerprint density at radius 1 is 1.38 bits per heavy atom. The van der Waals surface area contributed by atoms with Gasteiger partial charge >= 0.3 is 0 Å². The maximum absolute atomic E-state index is 14.0. The van der Waals surface area contributed by atoms with E-state index in [-0.39, 0.29) is 22.4 Å². The van der Waals surface area contributed by atoms with Crippen LogP contribution in [0.25, 0.3) is 0 Å². The highest BCUT2D eigenvalue weighted by Gasteiger charge is 2.34. The molecule has 1 aromatic rings. The zero-order chi connectivity index (χ0) is 15.6. The van der Waals surface area contributed by atoms with Crippen LogP contribution in [0.5, 0.6) is 0 Å². The highest BCUT2D eigenvalue weighted by molar-refractivity contribution is 7.89. The lowest BCUT2D eigenvalue weighted by Gasteiger charge is -2.34. The highest BCUT2D eigenvalue weighted by Crippen LogP contribution is 2.30. The smallest absolute Gasteiger partial charge is 0.207 e. The van der Waals surface area contributed by atoms with E-state index in [1.807, 2.05) is 6.92 Å². The molecule has 0 aromatic heterocycles. The van der Waals surface area contributed by atoms with Gasteiger partial charge in [0.2, 0.25) is 10.0 Å². The molecule has 21 heavy (non-hydrogen) atoms. The zero-order valence-corrected chi connectivity index (χ0v) is 14.0. The average molecular weight is 334 g/mol. The molecule has 1 aliphatic rings. The van der Waals surface area contributed by atoms with Crippen molar-refractivity contribution in [3.05, 3.63) is 29.1 Å². The van der Waals surface area contributed by atoms with Crippen LogP contribution in [-0.2, 0) is 15.9 Å². The first-order valence-electron chi connectivity index (χ1n) is 7.28. The Labute approximate surface area is 131 Å². The van der Waals surface area contributed by atoms with E-state index < -0.39 is 15.8 Å². The average Bonchev–Trinajstić information content (AvgIpc) is 2.49. The van der Waals surface area contributed by atoms with Crippen LogP contribution >= 0.6 is 11.6 Å². The van der Waals surface area contributed by atoms with Crippen LogP contribution in [0.2, 0.25) is 0 Å². The number of halogens is 2. The zero-order valence-electron chi connectivity index (χ0n) is 12.4. The summed E-state index contributed by atoms with van der Waals surface area (Å²) in [6.07, 6.45) is 3.54. The summed E-state index contributed by atoms with van der Waals surface area (Å²) in [6, 6.07) is 2.81. The van der Waals surface area contributed by atoms with Gasteiger partial charge < -0.3 is 0 Å². The van der Waals surface area contributed by atoms with Crippen LogP contribution in [0.4, 0.5) is 4.39 Å². The molecule has 6 heteroatoms. The first kappa shape index (κ1) is 16.7. The second-order valence-electron chi connectivity index (χ2n) is 5.51. The van der Waals surface area contributed by atoms with Crippen molar-refractivity contribution >= 4 is 21.6 Å². The van der Waals surface area contributed by atoms with Gasteiger partial charge in [-0.05, 0) is 43.9 Å². The van der Waals surface area contributed by atoms with E-state index in [1.165, 1.54) is 23.4 Å². The van der Waals surface area contributed by atoms with Crippen molar-refractivity contribution in [1.29, 1.82) is 0 Å². The van der Waals surface area contributed by atoms with Crippen LogP contribution in [0, 0.1) is 12.7 Å². The number of piperidine rings is 1.